The molecule has 3 atom stereocenters. The van der Waals surface area contributed by atoms with Crippen LogP contribution >= 0.6 is 23.2 Å². The molecule has 0 saturated heterocycles. The van der Waals surface area contributed by atoms with Gasteiger partial charge in [-0.1, -0.05) is 48.3 Å². The number of fused-ring (bicyclic) bond motifs is 2. The third-order valence-corrected chi connectivity index (χ3v) is 8.27. The Labute approximate surface area is 181 Å². The Morgan fingerprint density at radius 3 is 1.90 bits per heavy atom. The highest BCUT2D eigenvalue weighted by Gasteiger charge is 2.59. The summed E-state index contributed by atoms with van der Waals surface area (Å²) in [6.45, 7) is 2.08. The maximum Gasteiger partial charge on any atom is 0.151 e. The molecule has 0 aliphatic heterocycles. The number of Topliss-reactive ketones (excluding diaryl/α,β-unsaturated/α-hetero) is 2. The first-order chi connectivity index (χ1) is 14.0. The molecule has 4 aliphatic rings. The lowest BCUT2D eigenvalue weighted by Crippen LogP contribution is -2.41. The molecule has 4 saturated carbocycles. The summed E-state index contributed by atoms with van der Waals surface area (Å²) in [5.74, 6) is 0.496. The molecule has 6 rings (SSSR count). The molecule has 0 amide bonds. The minimum atomic E-state index is -0.594. The van der Waals surface area contributed by atoms with E-state index in [1.807, 2.05) is 24.3 Å². The summed E-state index contributed by atoms with van der Waals surface area (Å²) < 4.78 is 0. The Morgan fingerprint density at radius 1 is 0.793 bits per heavy atom. The number of hydrogen-bond donors (Lipinski definition) is 0. The molecule has 0 radical (unpaired) electrons. The van der Waals surface area contributed by atoms with Crippen LogP contribution in [-0.2, 0) is 16.0 Å². The summed E-state index contributed by atoms with van der Waals surface area (Å²) in [5, 5.41) is 1.02. The van der Waals surface area contributed by atoms with Gasteiger partial charge in [-0.25, -0.2) is 0 Å². The van der Waals surface area contributed by atoms with Gasteiger partial charge < -0.3 is 0 Å². The van der Waals surface area contributed by atoms with Crippen molar-refractivity contribution in [2.75, 3.05) is 0 Å². The van der Waals surface area contributed by atoms with Gasteiger partial charge in [-0.3, -0.25) is 9.59 Å². The second-order valence-corrected chi connectivity index (χ2v) is 9.67. The van der Waals surface area contributed by atoms with Crippen LogP contribution in [0.1, 0.15) is 49.7 Å². The summed E-state index contributed by atoms with van der Waals surface area (Å²) in [6, 6.07) is 11.7. The molecule has 2 bridgehead atoms. The van der Waals surface area contributed by atoms with Crippen LogP contribution in [0.3, 0.4) is 0 Å². The van der Waals surface area contributed by atoms with Crippen molar-refractivity contribution < 1.29 is 9.59 Å². The van der Waals surface area contributed by atoms with Gasteiger partial charge in [-0.2, -0.15) is 0 Å². The predicted molar refractivity (Wildman–Crippen MR) is 116 cm³/mol. The van der Waals surface area contributed by atoms with E-state index in [2.05, 4.69) is 13.0 Å². The van der Waals surface area contributed by atoms with Crippen LogP contribution in [0.4, 0.5) is 0 Å². The molecular formula is C25H24Cl2O2. The van der Waals surface area contributed by atoms with Gasteiger partial charge in [0.1, 0.15) is 5.92 Å². The van der Waals surface area contributed by atoms with Crippen molar-refractivity contribution in [1.82, 2.24) is 0 Å². The molecule has 0 N–H and O–H groups in total. The molecule has 1 unspecified atom stereocenters. The Balaban J connectivity index is 1.59. The molecule has 2 aromatic carbocycles. The highest BCUT2D eigenvalue weighted by molar-refractivity contribution is 6.42. The second kappa shape index (κ2) is 7.25. The monoisotopic (exact) mass is 426 g/mol. The van der Waals surface area contributed by atoms with E-state index in [-0.39, 0.29) is 23.4 Å². The normalized spacial score (nSPS) is 30.7. The van der Waals surface area contributed by atoms with Crippen molar-refractivity contribution in [2.45, 2.75) is 44.9 Å². The molecule has 150 valence electrons. The van der Waals surface area contributed by atoms with E-state index in [4.69, 9.17) is 23.2 Å². The summed E-state index contributed by atoms with van der Waals surface area (Å²) in [4.78, 5) is 27.0. The number of carbonyl (C=O) groups excluding carboxylic acids is 2. The summed E-state index contributed by atoms with van der Waals surface area (Å²) in [7, 11) is 0. The van der Waals surface area contributed by atoms with Gasteiger partial charge >= 0.3 is 0 Å². The van der Waals surface area contributed by atoms with Crippen LogP contribution in [0, 0.1) is 23.7 Å². The lowest BCUT2D eigenvalue weighted by atomic mass is 9.59. The number of ketones is 2. The highest BCUT2D eigenvalue weighted by atomic mass is 35.5. The zero-order chi connectivity index (χ0) is 20.3. The van der Waals surface area contributed by atoms with Gasteiger partial charge in [0.05, 0.1) is 10.0 Å². The largest absolute Gasteiger partial charge is 0.298 e. The Hall–Kier alpha value is -1.64. The Morgan fingerprint density at radius 2 is 1.34 bits per heavy atom. The van der Waals surface area contributed by atoms with Crippen LogP contribution in [-0.4, -0.2) is 11.6 Å². The maximum atomic E-state index is 13.5. The predicted octanol–water partition coefficient (Wildman–Crippen LogP) is 6.51. The number of aryl methyl sites for hydroxylation is 1. The number of rotatable bonds is 3. The van der Waals surface area contributed by atoms with Crippen LogP contribution in [0.5, 0.6) is 0 Å². The molecule has 4 fully saturated rings. The lowest BCUT2D eigenvalue weighted by Gasteiger charge is -2.43. The standard InChI is InChI=1S/C25H24Cl2O2/c1-2-13-3-8-16(17-9-10-19(26)20(27)12-17)11-18(13)23-24(28)21-14-4-5-15(7-6-14)22(21)25(23)29/h3,8-12,14-15,21-23H,2,4-7H2,1H3/t14?,15?,21-,22+,23?. The molecule has 4 aliphatic carbocycles. The van der Waals surface area contributed by atoms with Crippen LogP contribution in [0.2, 0.25) is 10.0 Å². The fourth-order valence-corrected chi connectivity index (χ4v) is 6.44. The van der Waals surface area contributed by atoms with Crippen LogP contribution in [0.25, 0.3) is 11.1 Å². The van der Waals surface area contributed by atoms with E-state index < -0.39 is 5.92 Å². The van der Waals surface area contributed by atoms with Gasteiger partial charge in [0.2, 0.25) is 0 Å². The minimum Gasteiger partial charge on any atom is -0.298 e. The fraction of sp³-hybridized carbons (Fsp3) is 0.440. The number of hydrogen-bond acceptors (Lipinski definition) is 2. The van der Waals surface area contributed by atoms with Crippen molar-refractivity contribution in [3.05, 3.63) is 57.6 Å². The van der Waals surface area contributed by atoms with Crippen molar-refractivity contribution >= 4 is 34.8 Å². The lowest BCUT2D eigenvalue weighted by molar-refractivity contribution is -0.129. The van der Waals surface area contributed by atoms with Crippen molar-refractivity contribution in [3.63, 3.8) is 0 Å². The molecular weight excluding hydrogens is 403 g/mol. The molecule has 2 aromatic rings. The average molecular weight is 427 g/mol. The molecule has 0 aromatic heterocycles. The third kappa shape index (κ3) is 2.99. The smallest absolute Gasteiger partial charge is 0.151 e. The zero-order valence-electron chi connectivity index (χ0n) is 16.5. The van der Waals surface area contributed by atoms with Gasteiger partial charge in [0.15, 0.2) is 11.6 Å². The first-order valence-corrected chi connectivity index (χ1v) is 11.4. The Kier molecular flexibility index (Phi) is 4.83. The fourth-order valence-electron chi connectivity index (χ4n) is 6.14. The van der Waals surface area contributed by atoms with E-state index in [1.165, 1.54) is 0 Å². The SMILES string of the molecule is CCc1ccc(-c2ccc(Cl)c(Cl)c2)cc1C1C(=O)[C@@H]2C3CCC(CC3)[C@@H]2C1=O. The maximum absolute atomic E-state index is 13.5. The number of benzene rings is 2. The van der Waals surface area contributed by atoms with E-state index in [9.17, 15) is 9.59 Å². The molecule has 0 heterocycles. The van der Waals surface area contributed by atoms with Crippen molar-refractivity contribution in [1.29, 1.82) is 0 Å². The van der Waals surface area contributed by atoms with Gasteiger partial charge in [0, 0.05) is 11.8 Å². The molecule has 29 heavy (non-hydrogen) atoms. The summed E-state index contributed by atoms with van der Waals surface area (Å²) >= 11 is 12.3. The van der Waals surface area contributed by atoms with E-state index in [1.54, 1.807) is 6.07 Å². The number of halogens is 2. The number of carbonyl (C=O) groups is 2. The van der Waals surface area contributed by atoms with Gasteiger partial charge in [-0.05, 0) is 84.4 Å². The average Bonchev–Trinajstić information content (AvgIpc) is 3.03. The van der Waals surface area contributed by atoms with Gasteiger partial charge in [0.25, 0.3) is 0 Å². The van der Waals surface area contributed by atoms with Crippen molar-refractivity contribution in [3.8, 4) is 11.1 Å². The second-order valence-electron chi connectivity index (χ2n) is 8.86. The highest BCUT2D eigenvalue weighted by Crippen LogP contribution is 2.56. The third-order valence-electron chi connectivity index (χ3n) is 7.54. The van der Waals surface area contributed by atoms with Crippen LogP contribution in [0.15, 0.2) is 36.4 Å². The van der Waals surface area contributed by atoms with Crippen molar-refractivity contribution in [2.24, 2.45) is 23.7 Å². The molecule has 0 spiro atoms. The quantitative estimate of drug-likeness (QED) is 0.524. The van der Waals surface area contributed by atoms with Crippen LogP contribution < -0.4 is 0 Å². The first-order valence-electron chi connectivity index (χ1n) is 10.6. The van der Waals surface area contributed by atoms with E-state index in [0.717, 1.165) is 54.4 Å². The minimum absolute atomic E-state index is 0.0432. The Bertz CT molecular complexity index is 974. The topological polar surface area (TPSA) is 34.1 Å². The van der Waals surface area contributed by atoms with E-state index in [0.29, 0.717) is 21.9 Å². The summed E-state index contributed by atoms with van der Waals surface area (Å²) in [5.41, 5.74) is 3.90. The first kappa shape index (κ1) is 19.3. The molecule has 4 heteroatoms. The van der Waals surface area contributed by atoms with Gasteiger partial charge in [-0.15, -0.1) is 0 Å². The molecule has 2 nitrogen and oxygen atoms in total. The zero-order valence-corrected chi connectivity index (χ0v) is 18.0. The summed E-state index contributed by atoms with van der Waals surface area (Å²) in [6.07, 6.45) is 5.25. The van der Waals surface area contributed by atoms with E-state index >= 15 is 0 Å².